The van der Waals surface area contributed by atoms with Crippen molar-refractivity contribution >= 4 is 26.7 Å². The van der Waals surface area contributed by atoms with E-state index in [0.29, 0.717) is 5.03 Å². The maximum absolute atomic E-state index is 12.2. The molecular weight excluding hydrogens is 286 g/mol. The number of rotatable bonds is 2. The first-order valence-corrected chi connectivity index (χ1v) is 6.72. The van der Waals surface area contributed by atoms with Gasteiger partial charge in [-0.15, -0.1) is 0 Å². The van der Waals surface area contributed by atoms with Crippen molar-refractivity contribution in [3.8, 4) is 0 Å². The van der Waals surface area contributed by atoms with Crippen LogP contribution >= 0.6 is 15.9 Å². The summed E-state index contributed by atoms with van der Waals surface area (Å²) in [6.45, 7) is 2.00. The van der Waals surface area contributed by atoms with Gasteiger partial charge < -0.3 is 0 Å². The van der Waals surface area contributed by atoms with Crippen LogP contribution in [0.5, 0.6) is 0 Å². The molecule has 0 aliphatic heterocycles. The van der Waals surface area contributed by atoms with Crippen molar-refractivity contribution in [1.29, 1.82) is 0 Å². The van der Waals surface area contributed by atoms with Crippen molar-refractivity contribution in [1.82, 2.24) is 4.98 Å². The fourth-order valence-electron chi connectivity index (χ4n) is 1.33. The highest BCUT2D eigenvalue weighted by Crippen LogP contribution is 2.24. The summed E-state index contributed by atoms with van der Waals surface area (Å²) in [6, 6.07) is 11.2. The van der Waals surface area contributed by atoms with Gasteiger partial charge in [0, 0.05) is 10.7 Å². The van der Waals surface area contributed by atoms with Gasteiger partial charge in [-0.25, -0.2) is 9.19 Å². The van der Waals surface area contributed by atoms with Gasteiger partial charge >= 0.3 is 0 Å². The molecule has 1 aromatic heterocycles. The zero-order valence-corrected chi connectivity index (χ0v) is 11.1. The molecule has 0 saturated heterocycles. The van der Waals surface area contributed by atoms with Gasteiger partial charge in [0.2, 0.25) is 0 Å². The highest BCUT2D eigenvalue weighted by Gasteiger charge is 2.11. The predicted molar refractivity (Wildman–Crippen MR) is 67.8 cm³/mol. The van der Waals surface area contributed by atoms with Gasteiger partial charge in [-0.05, 0) is 52.7 Å². The molecule has 0 aliphatic rings. The Morgan fingerprint density at radius 3 is 2.69 bits per heavy atom. The van der Waals surface area contributed by atoms with Crippen molar-refractivity contribution in [3.63, 3.8) is 0 Å². The zero-order chi connectivity index (χ0) is 11.5. The number of halogens is 1. The van der Waals surface area contributed by atoms with Crippen molar-refractivity contribution in [2.45, 2.75) is 16.8 Å². The standard InChI is InChI=1S/C12H10BrNOS/c1-9-5-6-11(10(13)8-9)16(15)12-4-2-3-7-14-12/h2-8H,1H3. The summed E-state index contributed by atoms with van der Waals surface area (Å²) in [5, 5.41) is 0.576. The lowest BCUT2D eigenvalue weighted by Crippen LogP contribution is -1.96. The summed E-state index contributed by atoms with van der Waals surface area (Å²) in [5.74, 6) is 0. The third-order valence-electron chi connectivity index (χ3n) is 2.11. The van der Waals surface area contributed by atoms with Crippen LogP contribution in [0, 0.1) is 6.92 Å². The number of hydrogen-bond donors (Lipinski definition) is 0. The number of hydrogen-bond acceptors (Lipinski definition) is 2. The number of nitrogens with zero attached hydrogens (tertiary/aromatic N) is 1. The van der Waals surface area contributed by atoms with E-state index in [1.807, 2.05) is 37.3 Å². The van der Waals surface area contributed by atoms with Gasteiger partial charge in [0.15, 0.2) is 0 Å². The Balaban J connectivity index is 2.42. The monoisotopic (exact) mass is 295 g/mol. The molecule has 2 nitrogen and oxygen atoms in total. The molecule has 0 saturated carbocycles. The highest BCUT2D eigenvalue weighted by atomic mass is 79.9. The summed E-state index contributed by atoms with van der Waals surface area (Å²) in [6.07, 6.45) is 1.65. The molecule has 1 unspecified atom stereocenters. The second-order valence-electron chi connectivity index (χ2n) is 3.37. The predicted octanol–water partition coefficient (Wildman–Crippen LogP) is 3.32. The van der Waals surface area contributed by atoms with Crippen LogP contribution in [0.1, 0.15) is 5.56 Å². The molecule has 0 radical (unpaired) electrons. The molecule has 1 atom stereocenters. The van der Waals surface area contributed by atoms with Crippen LogP contribution in [0.15, 0.2) is 57.0 Å². The van der Waals surface area contributed by atoms with Crippen LogP contribution in [0.25, 0.3) is 0 Å². The molecule has 1 heterocycles. The molecule has 4 heteroatoms. The third-order valence-corrected chi connectivity index (χ3v) is 4.41. The van der Waals surface area contributed by atoms with E-state index in [1.54, 1.807) is 12.3 Å². The summed E-state index contributed by atoms with van der Waals surface area (Å²) in [4.78, 5) is 4.85. The highest BCUT2D eigenvalue weighted by molar-refractivity contribution is 9.10. The normalized spacial score (nSPS) is 12.4. The van der Waals surface area contributed by atoms with Crippen molar-refractivity contribution in [2.24, 2.45) is 0 Å². The van der Waals surface area contributed by atoms with E-state index in [9.17, 15) is 4.21 Å². The fourth-order valence-corrected chi connectivity index (χ4v) is 3.27. The van der Waals surface area contributed by atoms with Crippen molar-refractivity contribution < 1.29 is 4.21 Å². The van der Waals surface area contributed by atoms with Crippen LogP contribution in [0.2, 0.25) is 0 Å². The minimum absolute atomic E-state index is 0.576. The molecule has 0 amide bonds. The lowest BCUT2D eigenvalue weighted by molar-refractivity contribution is 0.680. The molecule has 82 valence electrons. The molecule has 0 bridgehead atoms. The van der Waals surface area contributed by atoms with E-state index in [2.05, 4.69) is 20.9 Å². The Bertz CT molecular complexity index is 528. The summed E-state index contributed by atoms with van der Waals surface area (Å²) in [5.41, 5.74) is 1.13. The smallest absolute Gasteiger partial charge is 0.132 e. The summed E-state index contributed by atoms with van der Waals surface area (Å²) < 4.78 is 13.1. The van der Waals surface area contributed by atoms with Crippen LogP contribution in [-0.4, -0.2) is 9.19 Å². The van der Waals surface area contributed by atoms with Crippen molar-refractivity contribution in [3.05, 3.63) is 52.6 Å². The maximum Gasteiger partial charge on any atom is 0.132 e. The lowest BCUT2D eigenvalue weighted by Gasteiger charge is -2.04. The molecule has 2 aromatic rings. The summed E-state index contributed by atoms with van der Waals surface area (Å²) >= 11 is 3.42. The Kier molecular flexibility index (Phi) is 3.51. The van der Waals surface area contributed by atoms with Gasteiger partial charge in [-0.1, -0.05) is 12.1 Å². The molecule has 0 fully saturated rings. The van der Waals surface area contributed by atoms with E-state index in [0.717, 1.165) is 14.9 Å². The van der Waals surface area contributed by atoms with E-state index in [-0.39, 0.29) is 0 Å². The Morgan fingerprint density at radius 1 is 1.25 bits per heavy atom. The lowest BCUT2D eigenvalue weighted by atomic mass is 10.2. The Labute approximate surface area is 105 Å². The minimum Gasteiger partial charge on any atom is -0.247 e. The minimum atomic E-state index is -1.22. The molecule has 0 N–H and O–H groups in total. The quantitative estimate of drug-likeness (QED) is 0.851. The molecule has 16 heavy (non-hydrogen) atoms. The average molecular weight is 296 g/mol. The first-order chi connectivity index (χ1) is 7.68. The molecule has 1 aromatic carbocycles. The van der Waals surface area contributed by atoms with Gasteiger partial charge in [-0.2, -0.15) is 0 Å². The van der Waals surface area contributed by atoms with Gasteiger partial charge in [0.1, 0.15) is 15.8 Å². The number of aromatic nitrogens is 1. The van der Waals surface area contributed by atoms with E-state index in [4.69, 9.17) is 0 Å². The zero-order valence-electron chi connectivity index (χ0n) is 8.68. The Morgan fingerprint density at radius 2 is 2.06 bits per heavy atom. The first-order valence-electron chi connectivity index (χ1n) is 4.77. The topological polar surface area (TPSA) is 30.0 Å². The fraction of sp³-hybridized carbons (Fsp3) is 0.0833. The van der Waals surface area contributed by atoms with Gasteiger partial charge in [0.25, 0.3) is 0 Å². The Hall–Kier alpha value is -1.00. The van der Waals surface area contributed by atoms with Gasteiger partial charge in [-0.3, -0.25) is 0 Å². The SMILES string of the molecule is Cc1ccc(S(=O)c2ccccn2)c(Br)c1. The van der Waals surface area contributed by atoms with Crippen LogP contribution < -0.4 is 0 Å². The summed E-state index contributed by atoms with van der Waals surface area (Å²) in [7, 11) is -1.22. The van der Waals surface area contributed by atoms with Crippen molar-refractivity contribution in [2.75, 3.05) is 0 Å². The van der Waals surface area contributed by atoms with Crippen LogP contribution in [0.3, 0.4) is 0 Å². The van der Waals surface area contributed by atoms with Crippen LogP contribution in [-0.2, 0) is 10.8 Å². The van der Waals surface area contributed by atoms with E-state index < -0.39 is 10.8 Å². The molecule has 2 rings (SSSR count). The number of aryl methyl sites for hydroxylation is 1. The third kappa shape index (κ3) is 2.39. The van der Waals surface area contributed by atoms with E-state index >= 15 is 0 Å². The van der Waals surface area contributed by atoms with Crippen LogP contribution in [0.4, 0.5) is 0 Å². The largest absolute Gasteiger partial charge is 0.247 e. The van der Waals surface area contributed by atoms with Gasteiger partial charge in [0.05, 0.1) is 4.90 Å². The first kappa shape index (κ1) is 11.5. The average Bonchev–Trinajstić information content (AvgIpc) is 2.29. The second kappa shape index (κ2) is 4.89. The van der Waals surface area contributed by atoms with E-state index in [1.165, 1.54) is 0 Å². The maximum atomic E-state index is 12.2. The second-order valence-corrected chi connectivity index (χ2v) is 5.62. The molecular formula is C12H10BrNOS. The number of benzene rings is 1. The molecule has 0 spiro atoms. The number of pyridine rings is 1. The molecule has 0 aliphatic carbocycles.